The molecular weight excluding hydrogens is 283 g/mol. The number of hydrogen-bond acceptors (Lipinski definition) is 3. The standard InChI is InChI=1S/C14H14F3N3O/c1-19-6-5-18-13(19)8-20(2)11-4-3-10(9-21)12(7-11)14(15,16)17/h3-7,9H,8H2,1-2H3. The summed E-state index contributed by atoms with van der Waals surface area (Å²) in [5, 5.41) is 0. The van der Waals surface area contributed by atoms with E-state index in [-0.39, 0.29) is 11.8 Å². The van der Waals surface area contributed by atoms with Crippen molar-refractivity contribution in [2.24, 2.45) is 7.05 Å². The summed E-state index contributed by atoms with van der Waals surface area (Å²) in [6.07, 6.45) is -0.957. The van der Waals surface area contributed by atoms with Gasteiger partial charge in [-0.2, -0.15) is 13.2 Å². The third-order valence-electron chi connectivity index (χ3n) is 3.21. The normalized spacial score (nSPS) is 11.5. The zero-order valence-corrected chi connectivity index (χ0v) is 11.6. The summed E-state index contributed by atoms with van der Waals surface area (Å²) in [6.45, 7) is 0.362. The number of carbonyl (C=O) groups excluding carboxylic acids is 1. The predicted molar refractivity (Wildman–Crippen MR) is 72.1 cm³/mol. The van der Waals surface area contributed by atoms with E-state index < -0.39 is 11.7 Å². The van der Waals surface area contributed by atoms with Gasteiger partial charge in [-0.1, -0.05) is 0 Å². The fourth-order valence-corrected chi connectivity index (χ4v) is 1.98. The Hall–Kier alpha value is -2.31. The first-order valence-corrected chi connectivity index (χ1v) is 6.16. The molecular formula is C14H14F3N3O. The molecule has 0 aliphatic heterocycles. The number of halogens is 3. The summed E-state index contributed by atoms with van der Waals surface area (Å²) >= 11 is 0. The molecule has 0 spiro atoms. The smallest absolute Gasteiger partial charge is 0.367 e. The van der Waals surface area contributed by atoms with E-state index in [1.807, 2.05) is 7.05 Å². The molecule has 1 heterocycles. The summed E-state index contributed by atoms with van der Waals surface area (Å²) in [4.78, 5) is 16.5. The van der Waals surface area contributed by atoms with Gasteiger partial charge in [-0.15, -0.1) is 0 Å². The molecule has 0 aliphatic rings. The van der Waals surface area contributed by atoms with Crippen LogP contribution in [0.2, 0.25) is 0 Å². The minimum atomic E-state index is -4.56. The summed E-state index contributed by atoms with van der Waals surface area (Å²) < 4.78 is 40.6. The van der Waals surface area contributed by atoms with Crippen molar-refractivity contribution < 1.29 is 18.0 Å². The maximum Gasteiger partial charge on any atom is 0.417 e. The average molecular weight is 297 g/mol. The molecule has 2 rings (SSSR count). The largest absolute Gasteiger partial charge is 0.417 e. The second-order valence-electron chi connectivity index (χ2n) is 4.70. The van der Waals surface area contributed by atoms with E-state index in [1.54, 1.807) is 28.9 Å². The maximum absolute atomic E-state index is 12.9. The SMILES string of the molecule is CN(Cc1nccn1C)c1ccc(C=O)c(C(F)(F)F)c1. The van der Waals surface area contributed by atoms with Crippen molar-refractivity contribution in [1.82, 2.24) is 9.55 Å². The molecule has 112 valence electrons. The molecule has 21 heavy (non-hydrogen) atoms. The van der Waals surface area contributed by atoms with Gasteiger partial charge in [-0.3, -0.25) is 4.79 Å². The number of nitrogens with zero attached hydrogens (tertiary/aromatic N) is 3. The number of rotatable bonds is 4. The number of anilines is 1. The van der Waals surface area contributed by atoms with Gasteiger partial charge in [0, 0.05) is 37.7 Å². The minimum Gasteiger partial charge on any atom is -0.367 e. The quantitative estimate of drug-likeness (QED) is 0.814. The Kier molecular flexibility index (Phi) is 4.02. The Labute approximate surface area is 119 Å². The fourth-order valence-electron chi connectivity index (χ4n) is 1.98. The third kappa shape index (κ3) is 3.24. The highest BCUT2D eigenvalue weighted by molar-refractivity contribution is 5.79. The second-order valence-corrected chi connectivity index (χ2v) is 4.70. The second kappa shape index (κ2) is 5.59. The van der Waals surface area contributed by atoms with Gasteiger partial charge >= 0.3 is 6.18 Å². The van der Waals surface area contributed by atoms with Crippen LogP contribution in [-0.4, -0.2) is 22.9 Å². The van der Waals surface area contributed by atoms with Gasteiger partial charge in [-0.25, -0.2) is 4.98 Å². The van der Waals surface area contributed by atoms with Crippen LogP contribution < -0.4 is 4.90 Å². The Morgan fingerprint density at radius 3 is 2.62 bits per heavy atom. The molecule has 0 aliphatic carbocycles. The number of benzene rings is 1. The van der Waals surface area contributed by atoms with E-state index in [9.17, 15) is 18.0 Å². The van der Waals surface area contributed by atoms with E-state index in [2.05, 4.69) is 4.98 Å². The van der Waals surface area contributed by atoms with Crippen LogP contribution in [0.15, 0.2) is 30.6 Å². The Morgan fingerprint density at radius 1 is 1.38 bits per heavy atom. The van der Waals surface area contributed by atoms with Gasteiger partial charge < -0.3 is 9.47 Å². The van der Waals surface area contributed by atoms with E-state index in [4.69, 9.17) is 0 Å². The average Bonchev–Trinajstić information content (AvgIpc) is 2.82. The van der Waals surface area contributed by atoms with E-state index in [1.165, 1.54) is 12.1 Å². The number of carbonyl (C=O) groups is 1. The molecule has 0 radical (unpaired) electrons. The highest BCUT2D eigenvalue weighted by atomic mass is 19.4. The zero-order valence-electron chi connectivity index (χ0n) is 11.6. The lowest BCUT2D eigenvalue weighted by Crippen LogP contribution is -2.20. The molecule has 1 aromatic heterocycles. The van der Waals surface area contributed by atoms with E-state index >= 15 is 0 Å². The number of aromatic nitrogens is 2. The summed E-state index contributed by atoms with van der Waals surface area (Å²) in [5.41, 5.74) is -0.922. The first-order chi connectivity index (χ1) is 9.82. The Balaban J connectivity index is 2.32. The molecule has 7 heteroatoms. The van der Waals surface area contributed by atoms with Crippen LogP contribution in [0.1, 0.15) is 21.7 Å². The van der Waals surface area contributed by atoms with Crippen molar-refractivity contribution in [2.75, 3.05) is 11.9 Å². The number of imidazole rings is 1. The minimum absolute atomic E-state index is 0.214. The van der Waals surface area contributed by atoms with Crippen LogP contribution in [0, 0.1) is 0 Å². The number of aldehydes is 1. The third-order valence-corrected chi connectivity index (χ3v) is 3.21. The van der Waals surface area contributed by atoms with E-state index in [0.717, 1.165) is 11.9 Å². The highest BCUT2D eigenvalue weighted by Crippen LogP contribution is 2.34. The van der Waals surface area contributed by atoms with E-state index in [0.29, 0.717) is 12.2 Å². The zero-order chi connectivity index (χ0) is 15.6. The molecule has 0 saturated carbocycles. The number of hydrogen-bond donors (Lipinski definition) is 0. The van der Waals surface area contributed by atoms with Crippen molar-refractivity contribution in [3.8, 4) is 0 Å². The summed E-state index contributed by atoms with van der Waals surface area (Å²) in [6, 6.07) is 3.65. The van der Waals surface area contributed by atoms with Gasteiger partial charge in [0.1, 0.15) is 5.82 Å². The van der Waals surface area contributed by atoms with Crippen LogP contribution in [0.3, 0.4) is 0 Å². The molecule has 0 saturated heterocycles. The summed E-state index contributed by atoms with van der Waals surface area (Å²) in [5.74, 6) is 0.727. The van der Waals surface area contributed by atoms with Crippen molar-refractivity contribution in [1.29, 1.82) is 0 Å². The lowest BCUT2D eigenvalue weighted by atomic mass is 10.1. The van der Waals surface area contributed by atoms with Gasteiger partial charge in [-0.05, 0) is 18.2 Å². The number of aryl methyl sites for hydroxylation is 1. The molecule has 0 bridgehead atoms. The van der Waals surface area contributed by atoms with Crippen molar-refractivity contribution in [2.45, 2.75) is 12.7 Å². The van der Waals surface area contributed by atoms with Gasteiger partial charge in [0.15, 0.2) is 6.29 Å². The highest BCUT2D eigenvalue weighted by Gasteiger charge is 2.33. The van der Waals surface area contributed by atoms with Crippen molar-refractivity contribution in [3.05, 3.63) is 47.5 Å². The van der Waals surface area contributed by atoms with Gasteiger partial charge in [0.2, 0.25) is 0 Å². The van der Waals surface area contributed by atoms with Crippen molar-refractivity contribution >= 4 is 12.0 Å². The van der Waals surface area contributed by atoms with Crippen molar-refractivity contribution in [3.63, 3.8) is 0 Å². The fraction of sp³-hybridized carbons (Fsp3) is 0.286. The number of alkyl halides is 3. The molecule has 0 fully saturated rings. The lowest BCUT2D eigenvalue weighted by Gasteiger charge is -2.21. The predicted octanol–water partition coefficient (Wildman–Crippen LogP) is 2.89. The molecule has 0 amide bonds. The Bertz CT molecular complexity index is 649. The molecule has 0 unspecified atom stereocenters. The first kappa shape index (κ1) is 15.1. The Morgan fingerprint density at radius 2 is 2.10 bits per heavy atom. The van der Waals surface area contributed by atoms with Gasteiger partial charge in [0.25, 0.3) is 0 Å². The van der Waals surface area contributed by atoms with Crippen LogP contribution in [0.5, 0.6) is 0 Å². The molecule has 1 aromatic carbocycles. The molecule has 4 nitrogen and oxygen atoms in total. The van der Waals surface area contributed by atoms with Crippen LogP contribution in [0.4, 0.5) is 18.9 Å². The van der Waals surface area contributed by atoms with Crippen LogP contribution in [-0.2, 0) is 19.8 Å². The monoisotopic (exact) mass is 297 g/mol. The lowest BCUT2D eigenvalue weighted by molar-refractivity contribution is -0.137. The van der Waals surface area contributed by atoms with Crippen LogP contribution in [0.25, 0.3) is 0 Å². The summed E-state index contributed by atoms with van der Waals surface area (Å²) in [7, 11) is 3.48. The topological polar surface area (TPSA) is 38.1 Å². The molecule has 0 atom stereocenters. The van der Waals surface area contributed by atoms with Crippen LogP contribution >= 0.6 is 0 Å². The van der Waals surface area contributed by atoms with Gasteiger partial charge in [0.05, 0.1) is 12.1 Å². The molecule has 0 N–H and O–H groups in total. The maximum atomic E-state index is 12.9. The molecule has 2 aromatic rings. The first-order valence-electron chi connectivity index (χ1n) is 6.16.